The average molecular weight is 279 g/mol. The van der Waals surface area contributed by atoms with Crippen molar-refractivity contribution in [2.24, 2.45) is 0 Å². The van der Waals surface area contributed by atoms with Crippen molar-refractivity contribution in [2.45, 2.75) is 25.9 Å². The molecule has 0 spiro atoms. The van der Waals surface area contributed by atoms with Crippen molar-refractivity contribution in [3.63, 3.8) is 0 Å². The molecule has 19 heavy (non-hydrogen) atoms. The largest absolute Gasteiger partial charge is 0.304 e. The average Bonchev–Trinajstić information content (AvgIpc) is 2.39. The number of aromatic nitrogens is 1. The fourth-order valence-electron chi connectivity index (χ4n) is 2.05. The molecule has 0 aliphatic rings. The number of nitrogens with zero attached hydrogens (tertiary/aromatic N) is 1. The lowest BCUT2D eigenvalue weighted by Gasteiger charge is -2.21. The Balaban J connectivity index is 2.11. The number of hydrogen-bond acceptors (Lipinski definition) is 2. The van der Waals surface area contributed by atoms with E-state index in [-0.39, 0.29) is 17.9 Å². The van der Waals surface area contributed by atoms with E-state index in [1.165, 1.54) is 12.3 Å². The minimum absolute atomic E-state index is 0.00512. The zero-order valence-electron chi connectivity index (χ0n) is 10.9. The number of pyridine rings is 1. The lowest BCUT2D eigenvalue weighted by molar-refractivity contribution is 0.490. The fourth-order valence-corrected chi connectivity index (χ4v) is 2.35. The van der Waals surface area contributed by atoms with Crippen molar-refractivity contribution in [2.75, 3.05) is 0 Å². The Hall–Kier alpha value is -1.45. The van der Waals surface area contributed by atoms with Gasteiger partial charge in [-0.1, -0.05) is 29.8 Å². The standard InChI is InChI=1S/C15H16ClFN2/c1-10(12-7-13(17)9-18-8-12)19-11(2)14-5-3-4-6-15(14)16/h3-11,19H,1-2H3. The minimum atomic E-state index is -0.323. The molecule has 1 aromatic carbocycles. The molecule has 2 nitrogen and oxygen atoms in total. The number of hydrogen-bond donors (Lipinski definition) is 1. The highest BCUT2D eigenvalue weighted by Crippen LogP contribution is 2.25. The molecule has 2 unspecified atom stereocenters. The van der Waals surface area contributed by atoms with E-state index >= 15 is 0 Å². The second kappa shape index (κ2) is 6.13. The van der Waals surface area contributed by atoms with Gasteiger partial charge in [0.15, 0.2) is 0 Å². The van der Waals surface area contributed by atoms with Crippen molar-refractivity contribution < 1.29 is 4.39 Å². The molecule has 1 aromatic heterocycles. The van der Waals surface area contributed by atoms with E-state index in [9.17, 15) is 4.39 Å². The van der Waals surface area contributed by atoms with Crippen LogP contribution in [-0.4, -0.2) is 4.98 Å². The van der Waals surface area contributed by atoms with Crippen LogP contribution >= 0.6 is 11.6 Å². The van der Waals surface area contributed by atoms with Gasteiger partial charge in [-0.15, -0.1) is 0 Å². The Morgan fingerprint density at radius 2 is 1.89 bits per heavy atom. The summed E-state index contributed by atoms with van der Waals surface area (Å²) < 4.78 is 13.1. The van der Waals surface area contributed by atoms with Crippen LogP contribution in [0.5, 0.6) is 0 Å². The zero-order valence-corrected chi connectivity index (χ0v) is 11.7. The van der Waals surface area contributed by atoms with E-state index in [0.29, 0.717) is 0 Å². The molecular formula is C15H16ClFN2. The highest BCUT2D eigenvalue weighted by atomic mass is 35.5. The maximum absolute atomic E-state index is 13.1. The second-order valence-electron chi connectivity index (χ2n) is 4.57. The maximum atomic E-state index is 13.1. The Morgan fingerprint density at radius 1 is 1.16 bits per heavy atom. The molecule has 1 N–H and O–H groups in total. The number of benzene rings is 1. The van der Waals surface area contributed by atoms with E-state index in [4.69, 9.17) is 11.6 Å². The lowest BCUT2D eigenvalue weighted by Crippen LogP contribution is -2.22. The van der Waals surface area contributed by atoms with Crippen LogP contribution in [0.3, 0.4) is 0 Å². The Labute approximate surface area is 117 Å². The van der Waals surface area contributed by atoms with Crippen LogP contribution in [0.25, 0.3) is 0 Å². The molecular weight excluding hydrogens is 263 g/mol. The Bertz CT molecular complexity index is 559. The van der Waals surface area contributed by atoms with Crippen molar-refractivity contribution in [1.29, 1.82) is 0 Å². The van der Waals surface area contributed by atoms with Gasteiger partial charge >= 0.3 is 0 Å². The summed E-state index contributed by atoms with van der Waals surface area (Å²) in [5, 5.41) is 4.12. The Kier molecular flexibility index (Phi) is 4.51. The first-order chi connectivity index (χ1) is 9.08. The van der Waals surface area contributed by atoms with Crippen LogP contribution < -0.4 is 5.32 Å². The van der Waals surface area contributed by atoms with E-state index < -0.39 is 0 Å². The number of halogens is 2. The molecule has 0 saturated heterocycles. The van der Waals surface area contributed by atoms with Crippen LogP contribution in [0.4, 0.5) is 4.39 Å². The normalized spacial score (nSPS) is 14.1. The molecule has 0 aliphatic carbocycles. The SMILES string of the molecule is CC(NC(C)c1ccccc1Cl)c1cncc(F)c1. The van der Waals surface area contributed by atoms with Crippen LogP contribution in [-0.2, 0) is 0 Å². The maximum Gasteiger partial charge on any atom is 0.141 e. The second-order valence-corrected chi connectivity index (χ2v) is 4.98. The lowest BCUT2D eigenvalue weighted by atomic mass is 10.1. The van der Waals surface area contributed by atoms with Crippen molar-refractivity contribution in [1.82, 2.24) is 10.3 Å². The predicted octanol–water partition coefficient (Wildman–Crippen LogP) is 4.29. The third-order valence-corrected chi connectivity index (χ3v) is 3.44. The van der Waals surface area contributed by atoms with Gasteiger partial charge < -0.3 is 5.32 Å². The predicted molar refractivity (Wildman–Crippen MR) is 75.6 cm³/mol. The first-order valence-electron chi connectivity index (χ1n) is 6.19. The summed E-state index contributed by atoms with van der Waals surface area (Å²) in [6, 6.07) is 9.26. The Morgan fingerprint density at radius 3 is 2.58 bits per heavy atom. The number of nitrogens with one attached hydrogen (secondary N) is 1. The smallest absolute Gasteiger partial charge is 0.141 e. The van der Waals surface area contributed by atoms with Gasteiger partial charge in [-0.05, 0) is 37.1 Å². The molecule has 0 amide bonds. The van der Waals surface area contributed by atoms with Crippen LogP contribution in [0, 0.1) is 5.82 Å². The van der Waals surface area contributed by atoms with Gasteiger partial charge in [-0.3, -0.25) is 4.98 Å². The van der Waals surface area contributed by atoms with Gasteiger partial charge in [0, 0.05) is 23.3 Å². The summed E-state index contributed by atoms with van der Waals surface area (Å²) in [6.07, 6.45) is 2.87. The molecule has 0 saturated carbocycles. The fraction of sp³-hybridized carbons (Fsp3) is 0.267. The quantitative estimate of drug-likeness (QED) is 0.903. The van der Waals surface area contributed by atoms with Crippen LogP contribution in [0.1, 0.15) is 37.1 Å². The summed E-state index contributed by atoms with van der Waals surface area (Å²) in [5.74, 6) is -0.323. The molecule has 2 atom stereocenters. The number of rotatable bonds is 4. The molecule has 4 heteroatoms. The molecule has 0 radical (unpaired) electrons. The summed E-state index contributed by atoms with van der Waals surface area (Å²) >= 11 is 6.16. The van der Waals surface area contributed by atoms with Gasteiger partial charge in [0.05, 0.1) is 6.20 Å². The molecule has 2 aromatic rings. The van der Waals surface area contributed by atoms with Gasteiger partial charge in [0.2, 0.25) is 0 Å². The van der Waals surface area contributed by atoms with Gasteiger partial charge in [-0.25, -0.2) is 4.39 Å². The summed E-state index contributed by atoms with van der Waals surface area (Å²) in [7, 11) is 0. The topological polar surface area (TPSA) is 24.9 Å². The summed E-state index contributed by atoms with van der Waals surface area (Å²) in [4.78, 5) is 3.86. The van der Waals surface area contributed by atoms with E-state index in [2.05, 4.69) is 10.3 Å². The highest BCUT2D eigenvalue weighted by molar-refractivity contribution is 6.31. The first-order valence-corrected chi connectivity index (χ1v) is 6.56. The molecule has 100 valence electrons. The summed E-state index contributed by atoms with van der Waals surface area (Å²) in [6.45, 7) is 4.01. The summed E-state index contributed by atoms with van der Waals surface area (Å²) in [5.41, 5.74) is 1.85. The zero-order chi connectivity index (χ0) is 13.8. The molecule has 2 rings (SSSR count). The first kappa shape index (κ1) is 14.0. The monoisotopic (exact) mass is 278 g/mol. The highest BCUT2D eigenvalue weighted by Gasteiger charge is 2.13. The van der Waals surface area contributed by atoms with Crippen LogP contribution in [0.2, 0.25) is 5.02 Å². The van der Waals surface area contributed by atoms with E-state index in [0.717, 1.165) is 16.1 Å². The van der Waals surface area contributed by atoms with Gasteiger partial charge in [-0.2, -0.15) is 0 Å². The molecule has 1 heterocycles. The van der Waals surface area contributed by atoms with Gasteiger partial charge in [0.1, 0.15) is 5.82 Å². The van der Waals surface area contributed by atoms with Crippen molar-refractivity contribution in [3.8, 4) is 0 Å². The van der Waals surface area contributed by atoms with Crippen molar-refractivity contribution >= 4 is 11.6 Å². The third kappa shape index (κ3) is 3.52. The molecule has 0 aliphatic heterocycles. The van der Waals surface area contributed by atoms with Crippen LogP contribution in [0.15, 0.2) is 42.7 Å². The molecule has 0 fully saturated rings. The molecule has 0 bridgehead atoms. The van der Waals surface area contributed by atoms with Gasteiger partial charge in [0.25, 0.3) is 0 Å². The minimum Gasteiger partial charge on any atom is -0.304 e. The van der Waals surface area contributed by atoms with E-state index in [1.54, 1.807) is 6.20 Å². The van der Waals surface area contributed by atoms with E-state index in [1.807, 2.05) is 38.1 Å². The van der Waals surface area contributed by atoms with Crippen molar-refractivity contribution in [3.05, 3.63) is 64.7 Å². The third-order valence-electron chi connectivity index (χ3n) is 3.10.